The van der Waals surface area contributed by atoms with Crippen LogP contribution in [0.5, 0.6) is 0 Å². The molecule has 0 atom stereocenters. The second-order valence-corrected chi connectivity index (χ2v) is 8.68. The first kappa shape index (κ1) is 20.3. The largest absolute Gasteiger partial charge is 0.383 e. The summed E-state index contributed by atoms with van der Waals surface area (Å²) in [4.78, 5) is 14.9. The molecule has 0 radical (unpaired) electrons. The summed E-state index contributed by atoms with van der Waals surface area (Å²) in [6.07, 6.45) is 2.77. The minimum absolute atomic E-state index is 0.115. The summed E-state index contributed by atoms with van der Waals surface area (Å²) >= 11 is 1.17. The molecule has 1 aliphatic heterocycles. The quantitative estimate of drug-likeness (QED) is 0.641. The van der Waals surface area contributed by atoms with Gasteiger partial charge in [-0.1, -0.05) is 6.42 Å². The number of sulfonamides is 1. The Bertz CT molecular complexity index is 645. The molecule has 2 heterocycles. The van der Waals surface area contributed by atoms with E-state index in [4.69, 9.17) is 9.47 Å². The lowest BCUT2D eigenvalue weighted by Crippen LogP contribution is -2.39. The van der Waals surface area contributed by atoms with Gasteiger partial charge in [0.25, 0.3) is 5.91 Å². The molecule has 1 aromatic rings. The fraction of sp³-hybridized carbons (Fsp3) is 0.688. The number of carbonyl (C=O) groups excluding carboxylic acids is 1. The third-order valence-electron chi connectivity index (χ3n) is 4.17. The van der Waals surface area contributed by atoms with E-state index >= 15 is 0 Å². The van der Waals surface area contributed by atoms with E-state index in [0.29, 0.717) is 39.4 Å². The van der Waals surface area contributed by atoms with Crippen molar-refractivity contribution in [1.29, 1.82) is 0 Å². The Hall–Kier alpha value is -1.00. The predicted octanol–water partition coefficient (Wildman–Crippen LogP) is 1.66. The maximum absolute atomic E-state index is 12.9. The van der Waals surface area contributed by atoms with Crippen molar-refractivity contribution in [1.82, 2.24) is 9.21 Å². The van der Waals surface area contributed by atoms with Crippen LogP contribution in [-0.4, -0.2) is 77.1 Å². The van der Waals surface area contributed by atoms with Crippen LogP contribution in [0.15, 0.2) is 16.3 Å². The number of ether oxygens (including phenoxy) is 2. The molecule has 0 N–H and O–H groups in total. The summed E-state index contributed by atoms with van der Waals surface area (Å²) in [5.74, 6) is -0.292. The van der Waals surface area contributed by atoms with Crippen LogP contribution >= 0.6 is 11.3 Å². The molecular formula is C16H26N2O5S2. The van der Waals surface area contributed by atoms with Crippen LogP contribution in [-0.2, 0) is 19.5 Å². The van der Waals surface area contributed by atoms with E-state index in [-0.39, 0.29) is 15.7 Å². The zero-order valence-electron chi connectivity index (χ0n) is 14.8. The van der Waals surface area contributed by atoms with E-state index in [1.54, 1.807) is 24.5 Å². The van der Waals surface area contributed by atoms with Gasteiger partial charge in [0.2, 0.25) is 10.0 Å². The molecule has 0 aliphatic carbocycles. The highest BCUT2D eigenvalue weighted by molar-refractivity contribution is 7.89. The molecule has 0 saturated carbocycles. The molecule has 2 rings (SSSR count). The number of piperidine rings is 1. The number of thiophene rings is 1. The predicted molar refractivity (Wildman–Crippen MR) is 96.6 cm³/mol. The molecule has 0 aromatic carbocycles. The van der Waals surface area contributed by atoms with Gasteiger partial charge in [0.15, 0.2) is 0 Å². The van der Waals surface area contributed by atoms with Crippen LogP contribution in [0, 0.1) is 0 Å². The van der Waals surface area contributed by atoms with Crippen molar-refractivity contribution in [2.24, 2.45) is 0 Å². The van der Waals surface area contributed by atoms with Crippen molar-refractivity contribution >= 4 is 27.3 Å². The molecule has 7 nitrogen and oxygen atoms in total. The first-order valence-corrected chi connectivity index (χ1v) is 10.7. The number of amides is 1. The Morgan fingerprint density at radius 3 is 2.32 bits per heavy atom. The van der Waals surface area contributed by atoms with Crippen LogP contribution < -0.4 is 0 Å². The van der Waals surface area contributed by atoms with Gasteiger partial charge < -0.3 is 14.4 Å². The molecule has 25 heavy (non-hydrogen) atoms. The van der Waals surface area contributed by atoms with E-state index in [1.165, 1.54) is 21.7 Å². The molecule has 1 aromatic heterocycles. The second kappa shape index (κ2) is 9.63. The maximum atomic E-state index is 12.9. The normalized spacial score (nSPS) is 16.1. The Labute approximate surface area is 153 Å². The molecule has 1 aliphatic rings. The van der Waals surface area contributed by atoms with Crippen LogP contribution in [0.25, 0.3) is 0 Å². The molecule has 9 heteroatoms. The fourth-order valence-corrected chi connectivity index (χ4v) is 5.64. The molecule has 1 amide bonds. The molecule has 142 valence electrons. The van der Waals surface area contributed by atoms with Crippen LogP contribution in [0.2, 0.25) is 0 Å². The van der Waals surface area contributed by atoms with Crippen LogP contribution in [0.3, 0.4) is 0 Å². The average Bonchev–Trinajstić information content (AvgIpc) is 3.13. The summed E-state index contributed by atoms with van der Waals surface area (Å²) in [5.41, 5.74) is 0. The monoisotopic (exact) mass is 390 g/mol. The molecule has 0 spiro atoms. The standard InChI is InChI=1S/C16H26N2O5S2/c1-22-11-9-17(10-12-23-2)16(19)15-14(6-13-24-15)25(20,21)18-7-4-3-5-8-18/h6,13H,3-5,7-12H2,1-2H3. The summed E-state index contributed by atoms with van der Waals surface area (Å²) in [7, 11) is -0.503. The van der Waals surface area contributed by atoms with Gasteiger partial charge in [0, 0.05) is 40.4 Å². The fourth-order valence-electron chi connectivity index (χ4n) is 2.76. The van der Waals surface area contributed by atoms with Crippen molar-refractivity contribution < 1.29 is 22.7 Å². The van der Waals surface area contributed by atoms with Gasteiger partial charge in [-0.25, -0.2) is 8.42 Å². The second-order valence-electron chi connectivity index (χ2n) is 5.86. The van der Waals surface area contributed by atoms with Gasteiger partial charge >= 0.3 is 0 Å². The highest BCUT2D eigenvalue weighted by Gasteiger charge is 2.32. The van der Waals surface area contributed by atoms with Crippen molar-refractivity contribution in [2.45, 2.75) is 24.2 Å². The number of hydrogen-bond donors (Lipinski definition) is 0. The highest BCUT2D eigenvalue weighted by Crippen LogP contribution is 2.28. The Balaban J connectivity index is 2.24. The van der Waals surface area contributed by atoms with Gasteiger partial charge in [0.05, 0.1) is 13.2 Å². The average molecular weight is 391 g/mol. The zero-order valence-corrected chi connectivity index (χ0v) is 16.4. The Kier molecular flexibility index (Phi) is 7.82. The van der Waals surface area contributed by atoms with Crippen molar-refractivity contribution in [3.63, 3.8) is 0 Å². The third kappa shape index (κ3) is 5.01. The number of carbonyl (C=O) groups is 1. The summed E-state index contributed by atoms with van der Waals surface area (Å²) < 4.78 is 37.5. The lowest BCUT2D eigenvalue weighted by Gasteiger charge is -2.26. The van der Waals surface area contributed by atoms with E-state index in [1.807, 2.05) is 0 Å². The zero-order chi connectivity index (χ0) is 18.3. The SMILES string of the molecule is COCCN(CCOC)C(=O)c1sccc1S(=O)(=O)N1CCCCC1. The van der Waals surface area contributed by atoms with Gasteiger partial charge in [-0.2, -0.15) is 4.31 Å². The lowest BCUT2D eigenvalue weighted by atomic mass is 10.2. The number of hydrogen-bond acceptors (Lipinski definition) is 6. The highest BCUT2D eigenvalue weighted by atomic mass is 32.2. The van der Waals surface area contributed by atoms with Crippen molar-refractivity contribution in [3.05, 3.63) is 16.3 Å². The first-order chi connectivity index (χ1) is 12.0. The number of rotatable bonds is 9. The molecule has 0 unspecified atom stereocenters. The maximum Gasteiger partial charge on any atom is 0.265 e. The Morgan fingerprint density at radius 2 is 1.76 bits per heavy atom. The van der Waals surface area contributed by atoms with E-state index in [9.17, 15) is 13.2 Å². The van der Waals surface area contributed by atoms with Gasteiger partial charge in [-0.15, -0.1) is 11.3 Å². The summed E-state index contributed by atoms with van der Waals surface area (Å²) in [6, 6.07) is 1.53. The first-order valence-electron chi connectivity index (χ1n) is 8.37. The third-order valence-corrected chi connectivity index (χ3v) is 7.15. The molecule has 0 bridgehead atoms. The van der Waals surface area contributed by atoms with Crippen molar-refractivity contribution in [3.8, 4) is 0 Å². The summed E-state index contributed by atoms with van der Waals surface area (Å²) in [6.45, 7) is 2.58. The smallest absolute Gasteiger partial charge is 0.265 e. The minimum atomic E-state index is -3.64. The van der Waals surface area contributed by atoms with E-state index in [2.05, 4.69) is 0 Å². The molecule has 1 fully saturated rings. The number of nitrogens with zero attached hydrogens (tertiary/aromatic N) is 2. The van der Waals surface area contributed by atoms with Crippen LogP contribution in [0.4, 0.5) is 0 Å². The molecule has 1 saturated heterocycles. The van der Waals surface area contributed by atoms with Crippen molar-refractivity contribution in [2.75, 3.05) is 53.6 Å². The molecular weight excluding hydrogens is 364 g/mol. The summed E-state index contributed by atoms with van der Waals surface area (Å²) in [5, 5.41) is 1.66. The van der Waals surface area contributed by atoms with Gasteiger partial charge in [-0.05, 0) is 24.3 Å². The van der Waals surface area contributed by atoms with Crippen LogP contribution in [0.1, 0.15) is 28.9 Å². The Morgan fingerprint density at radius 1 is 1.16 bits per heavy atom. The van der Waals surface area contributed by atoms with Gasteiger partial charge in [0.1, 0.15) is 9.77 Å². The lowest BCUT2D eigenvalue weighted by molar-refractivity contribution is 0.0628. The van der Waals surface area contributed by atoms with E-state index in [0.717, 1.165) is 19.3 Å². The number of methoxy groups -OCH3 is 2. The topological polar surface area (TPSA) is 76.1 Å². The van der Waals surface area contributed by atoms with Gasteiger partial charge in [-0.3, -0.25) is 4.79 Å². The minimum Gasteiger partial charge on any atom is -0.383 e. The van der Waals surface area contributed by atoms with E-state index < -0.39 is 10.0 Å².